The van der Waals surface area contributed by atoms with Crippen LogP contribution in [0.25, 0.3) is 0 Å². The Balaban J connectivity index is 1.44. The van der Waals surface area contributed by atoms with E-state index in [1.54, 1.807) is 0 Å². The molecule has 1 N–H and O–H groups in total. The summed E-state index contributed by atoms with van der Waals surface area (Å²) in [4.78, 5) is 16.0. The van der Waals surface area contributed by atoms with E-state index in [1.165, 1.54) is 16.0 Å². The fourth-order valence-electron chi connectivity index (χ4n) is 3.86. The Morgan fingerprint density at radius 3 is 2.70 bits per heavy atom. The average molecular weight is 383 g/mol. The average Bonchev–Trinajstić information content (AvgIpc) is 2.72. The van der Waals surface area contributed by atoms with E-state index in [2.05, 4.69) is 40.5 Å². The van der Waals surface area contributed by atoms with Crippen molar-refractivity contribution in [3.8, 4) is 0 Å². The highest BCUT2D eigenvalue weighted by Crippen LogP contribution is 2.41. The molecule has 0 aliphatic carbocycles. The Kier molecular flexibility index (Phi) is 6.12. The molecule has 0 radical (unpaired) electrons. The molecule has 1 unspecified atom stereocenters. The molecule has 0 bridgehead atoms. The van der Waals surface area contributed by atoms with Crippen molar-refractivity contribution in [2.75, 3.05) is 43.9 Å². The van der Waals surface area contributed by atoms with Gasteiger partial charge in [-0.3, -0.25) is 9.69 Å². The standard InChI is InChI=1S/C22H26N2O2S/c25-21-16-19(17-6-2-1-3-7-17)18-8-4-9-20(22(18)23-21)27-15-5-10-24-11-13-26-14-12-24/h1-4,6-9,19H,5,10-16H2,(H,23,25). The minimum Gasteiger partial charge on any atom is -0.379 e. The monoisotopic (exact) mass is 382 g/mol. The molecule has 2 aromatic carbocycles. The number of ether oxygens (including phenoxy) is 1. The third-order valence-corrected chi connectivity index (χ3v) is 6.41. The zero-order valence-electron chi connectivity index (χ0n) is 15.5. The number of nitrogens with zero attached hydrogens (tertiary/aromatic N) is 1. The lowest BCUT2D eigenvalue weighted by Gasteiger charge is -2.28. The van der Waals surface area contributed by atoms with Crippen LogP contribution in [-0.2, 0) is 9.53 Å². The second-order valence-electron chi connectivity index (χ2n) is 7.09. The quantitative estimate of drug-likeness (QED) is 0.606. The van der Waals surface area contributed by atoms with Crippen LogP contribution in [0.2, 0.25) is 0 Å². The molecule has 1 saturated heterocycles. The van der Waals surface area contributed by atoms with Gasteiger partial charge in [-0.15, -0.1) is 11.8 Å². The first-order valence-corrected chi connectivity index (χ1v) is 10.7. The highest BCUT2D eigenvalue weighted by atomic mass is 32.2. The van der Waals surface area contributed by atoms with Crippen LogP contribution in [0, 0.1) is 0 Å². The Bertz CT molecular complexity index is 775. The lowest BCUT2D eigenvalue weighted by atomic mass is 9.85. The predicted octanol–water partition coefficient (Wildman–Crippen LogP) is 3.98. The van der Waals surface area contributed by atoms with Crippen LogP contribution in [0.15, 0.2) is 53.4 Å². The van der Waals surface area contributed by atoms with Crippen molar-refractivity contribution in [3.63, 3.8) is 0 Å². The Hall–Kier alpha value is -1.82. The third kappa shape index (κ3) is 4.54. The van der Waals surface area contributed by atoms with Crippen LogP contribution >= 0.6 is 11.8 Å². The topological polar surface area (TPSA) is 41.6 Å². The maximum Gasteiger partial charge on any atom is 0.225 e. The smallest absolute Gasteiger partial charge is 0.225 e. The van der Waals surface area contributed by atoms with Gasteiger partial charge in [0, 0.05) is 30.3 Å². The van der Waals surface area contributed by atoms with Gasteiger partial charge in [-0.05, 0) is 35.9 Å². The molecule has 0 saturated carbocycles. The molecule has 2 heterocycles. The van der Waals surface area contributed by atoms with Gasteiger partial charge in [0.05, 0.1) is 18.9 Å². The second-order valence-corrected chi connectivity index (χ2v) is 8.23. The number of fused-ring (bicyclic) bond motifs is 1. The molecule has 5 heteroatoms. The molecule has 2 aromatic rings. The van der Waals surface area contributed by atoms with Crippen molar-refractivity contribution in [3.05, 3.63) is 59.7 Å². The van der Waals surface area contributed by atoms with Crippen molar-refractivity contribution >= 4 is 23.4 Å². The maximum absolute atomic E-state index is 12.4. The lowest BCUT2D eigenvalue weighted by molar-refractivity contribution is -0.116. The van der Waals surface area contributed by atoms with E-state index in [4.69, 9.17) is 4.74 Å². The predicted molar refractivity (Wildman–Crippen MR) is 111 cm³/mol. The number of amides is 1. The first-order chi connectivity index (χ1) is 13.3. The van der Waals surface area contributed by atoms with Crippen LogP contribution in [0.5, 0.6) is 0 Å². The van der Waals surface area contributed by atoms with Crippen molar-refractivity contribution in [2.24, 2.45) is 0 Å². The minimum atomic E-state index is 0.109. The summed E-state index contributed by atoms with van der Waals surface area (Å²) in [6.07, 6.45) is 1.66. The summed E-state index contributed by atoms with van der Waals surface area (Å²) < 4.78 is 5.41. The van der Waals surface area contributed by atoms with Gasteiger partial charge in [0.1, 0.15) is 0 Å². The molecule has 4 nitrogen and oxygen atoms in total. The number of hydrogen-bond acceptors (Lipinski definition) is 4. The molecule has 2 aliphatic heterocycles. The van der Waals surface area contributed by atoms with E-state index in [0.717, 1.165) is 50.7 Å². The molecule has 1 fully saturated rings. The van der Waals surface area contributed by atoms with Crippen LogP contribution in [0.1, 0.15) is 29.9 Å². The molecule has 0 aromatic heterocycles. The number of rotatable bonds is 6. The maximum atomic E-state index is 12.4. The summed E-state index contributed by atoms with van der Waals surface area (Å²) in [7, 11) is 0. The van der Waals surface area contributed by atoms with E-state index < -0.39 is 0 Å². The first kappa shape index (κ1) is 18.5. The Labute approximate surface area is 165 Å². The lowest BCUT2D eigenvalue weighted by Crippen LogP contribution is -2.36. The third-order valence-electron chi connectivity index (χ3n) is 5.27. The molecule has 27 heavy (non-hydrogen) atoms. The number of benzene rings is 2. The second kappa shape index (κ2) is 8.91. The van der Waals surface area contributed by atoms with Gasteiger partial charge in [0.25, 0.3) is 0 Å². The summed E-state index contributed by atoms with van der Waals surface area (Å²) >= 11 is 1.85. The Morgan fingerprint density at radius 1 is 1.07 bits per heavy atom. The Morgan fingerprint density at radius 2 is 1.89 bits per heavy atom. The highest BCUT2D eigenvalue weighted by Gasteiger charge is 2.28. The fraction of sp³-hybridized carbons (Fsp3) is 0.409. The van der Waals surface area contributed by atoms with Crippen molar-refractivity contribution in [1.29, 1.82) is 0 Å². The molecule has 1 amide bonds. The molecule has 0 spiro atoms. The molecular weight excluding hydrogens is 356 g/mol. The summed E-state index contributed by atoms with van der Waals surface area (Å²) in [5.74, 6) is 1.31. The number of nitrogens with one attached hydrogen (secondary N) is 1. The van der Waals surface area contributed by atoms with Crippen LogP contribution in [0.3, 0.4) is 0 Å². The molecule has 142 valence electrons. The van der Waals surface area contributed by atoms with E-state index in [0.29, 0.717) is 6.42 Å². The molecular formula is C22H26N2O2S. The number of morpholine rings is 1. The summed E-state index contributed by atoms with van der Waals surface area (Å²) in [6, 6.07) is 16.8. The number of carbonyl (C=O) groups excluding carboxylic acids is 1. The van der Waals surface area contributed by atoms with Crippen molar-refractivity contribution in [2.45, 2.75) is 23.7 Å². The highest BCUT2D eigenvalue weighted by molar-refractivity contribution is 7.99. The van der Waals surface area contributed by atoms with Gasteiger partial charge in [-0.25, -0.2) is 0 Å². The number of hydrogen-bond donors (Lipinski definition) is 1. The number of para-hydroxylation sites is 1. The van der Waals surface area contributed by atoms with Gasteiger partial charge in [-0.1, -0.05) is 42.5 Å². The SMILES string of the molecule is O=C1CC(c2ccccc2)c2cccc(SCCCN3CCOCC3)c2N1. The van der Waals surface area contributed by atoms with E-state index in [1.807, 2.05) is 30.0 Å². The summed E-state index contributed by atoms with van der Waals surface area (Å²) in [6.45, 7) is 4.91. The van der Waals surface area contributed by atoms with Crippen LogP contribution in [-0.4, -0.2) is 49.4 Å². The summed E-state index contributed by atoms with van der Waals surface area (Å²) in [5.41, 5.74) is 3.46. The van der Waals surface area contributed by atoms with Gasteiger partial charge < -0.3 is 10.1 Å². The largest absolute Gasteiger partial charge is 0.379 e. The number of anilines is 1. The molecule has 2 aliphatic rings. The number of thioether (sulfide) groups is 1. The first-order valence-electron chi connectivity index (χ1n) is 9.72. The van der Waals surface area contributed by atoms with Crippen molar-refractivity contribution < 1.29 is 9.53 Å². The summed E-state index contributed by atoms with van der Waals surface area (Å²) in [5, 5.41) is 3.13. The number of carbonyl (C=O) groups is 1. The van der Waals surface area contributed by atoms with E-state index in [-0.39, 0.29) is 11.8 Å². The van der Waals surface area contributed by atoms with Crippen LogP contribution < -0.4 is 5.32 Å². The molecule has 4 rings (SSSR count). The zero-order valence-corrected chi connectivity index (χ0v) is 16.3. The van der Waals surface area contributed by atoms with E-state index >= 15 is 0 Å². The van der Waals surface area contributed by atoms with Gasteiger partial charge >= 0.3 is 0 Å². The van der Waals surface area contributed by atoms with Crippen molar-refractivity contribution in [1.82, 2.24) is 4.90 Å². The van der Waals surface area contributed by atoms with Gasteiger partial charge in [0.2, 0.25) is 5.91 Å². The zero-order chi connectivity index (χ0) is 18.5. The fourth-order valence-corrected chi connectivity index (χ4v) is 4.84. The molecule has 1 atom stereocenters. The minimum absolute atomic E-state index is 0.109. The van der Waals surface area contributed by atoms with E-state index in [9.17, 15) is 4.79 Å². The van der Waals surface area contributed by atoms with Crippen LogP contribution in [0.4, 0.5) is 5.69 Å². The van der Waals surface area contributed by atoms with Gasteiger partial charge in [0.15, 0.2) is 0 Å². The van der Waals surface area contributed by atoms with Gasteiger partial charge in [-0.2, -0.15) is 0 Å². The normalized spacial score (nSPS) is 20.1.